The molecule has 5 heteroatoms. The Balaban J connectivity index is 2.48. The van der Waals surface area contributed by atoms with E-state index in [0.717, 1.165) is 4.90 Å². The molecule has 0 aliphatic rings. The molecule has 0 aliphatic carbocycles. The van der Waals surface area contributed by atoms with Gasteiger partial charge < -0.3 is 5.21 Å². The number of nitrogens with zero attached hydrogens (tertiary/aromatic N) is 2. The van der Waals surface area contributed by atoms with Crippen molar-refractivity contribution in [3.8, 4) is 0 Å². The van der Waals surface area contributed by atoms with E-state index in [2.05, 4.69) is 27.7 Å². The van der Waals surface area contributed by atoms with Crippen LogP contribution in [-0.2, 0) is 0 Å². The fraction of sp³-hybridized carbons (Fsp3) is 0.125. The van der Waals surface area contributed by atoms with Crippen LogP contribution >= 0.6 is 24.0 Å². The van der Waals surface area contributed by atoms with Gasteiger partial charge in [-0.3, -0.25) is 4.98 Å². The van der Waals surface area contributed by atoms with E-state index in [9.17, 15) is 0 Å². The molecule has 1 rings (SSSR count). The SMILES string of the molecule is ON=C([C]=S)CSc1ccncc1. The lowest BCUT2D eigenvalue weighted by Gasteiger charge is -1.97. The van der Waals surface area contributed by atoms with Crippen LogP contribution in [0.3, 0.4) is 0 Å². The van der Waals surface area contributed by atoms with Gasteiger partial charge in [-0.25, -0.2) is 0 Å². The van der Waals surface area contributed by atoms with Gasteiger partial charge >= 0.3 is 0 Å². The summed E-state index contributed by atoms with van der Waals surface area (Å²) in [5.41, 5.74) is 0.372. The van der Waals surface area contributed by atoms with Crippen LogP contribution in [-0.4, -0.2) is 27.0 Å². The van der Waals surface area contributed by atoms with Crippen LogP contribution in [0.5, 0.6) is 0 Å². The molecule has 67 valence electrons. The summed E-state index contributed by atoms with van der Waals surface area (Å²) in [7, 11) is 0. The van der Waals surface area contributed by atoms with Crippen LogP contribution < -0.4 is 0 Å². The second kappa shape index (κ2) is 5.66. The smallest absolute Gasteiger partial charge is 0.109 e. The number of aromatic nitrogens is 1. The maximum absolute atomic E-state index is 8.44. The van der Waals surface area contributed by atoms with Crippen LogP contribution in [0, 0.1) is 0 Å². The highest BCUT2D eigenvalue weighted by Gasteiger charge is 1.98. The van der Waals surface area contributed by atoms with E-state index in [-0.39, 0.29) is 0 Å². The Morgan fingerprint density at radius 3 is 2.85 bits per heavy atom. The third-order valence-corrected chi connectivity index (χ3v) is 2.52. The van der Waals surface area contributed by atoms with Gasteiger partial charge in [0.2, 0.25) is 0 Å². The van der Waals surface area contributed by atoms with E-state index >= 15 is 0 Å². The van der Waals surface area contributed by atoms with Crippen molar-refractivity contribution in [1.29, 1.82) is 0 Å². The Morgan fingerprint density at radius 1 is 1.62 bits per heavy atom. The van der Waals surface area contributed by atoms with E-state index in [1.54, 1.807) is 12.4 Å². The molecule has 1 N–H and O–H groups in total. The van der Waals surface area contributed by atoms with Gasteiger partial charge in [0.25, 0.3) is 0 Å². The lowest BCUT2D eigenvalue weighted by molar-refractivity contribution is 0.320. The van der Waals surface area contributed by atoms with Gasteiger partial charge in [-0.05, 0) is 12.1 Å². The van der Waals surface area contributed by atoms with Crippen LogP contribution in [0.15, 0.2) is 34.6 Å². The summed E-state index contributed by atoms with van der Waals surface area (Å²) in [6.45, 7) is 0. The standard InChI is InChI=1S/C8H7N2OS2/c11-10-7(5-12)6-13-8-1-3-9-4-2-8/h1-4,11H,6H2. The number of pyridine rings is 1. The molecule has 13 heavy (non-hydrogen) atoms. The highest BCUT2D eigenvalue weighted by atomic mass is 32.2. The number of thiocarbonyl (C=S) groups is 1. The average molecular weight is 211 g/mol. The summed E-state index contributed by atoms with van der Waals surface area (Å²) in [6.07, 6.45) is 3.42. The summed E-state index contributed by atoms with van der Waals surface area (Å²) in [5, 5.41) is 13.8. The van der Waals surface area contributed by atoms with E-state index in [0.29, 0.717) is 11.5 Å². The van der Waals surface area contributed by atoms with Crippen molar-refractivity contribution in [2.75, 3.05) is 5.75 Å². The first-order valence-corrected chi connectivity index (χ1v) is 4.88. The molecule has 0 atom stereocenters. The number of hydrogen-bond donors (Lipinski definition) is 1. The van der Waals surface area contributed by atoms with Gasteiger partial charge in [0.1, 0.15) is 5.71 Å². The molecular formula is C8H7N2OS2. The van der Waals surface area contributed by atoms with Crippen molar-refractivity contribution >= 4 is 35.1 Å². The first kappa shape index (κ1) is 10.1. The van der Waals surface area contributed by atoms with Crippen LogP contribution in [0.4, 0.5) is 0 Å². The van der Waals surface area contributed by atoms with E-state index in [4.69, 9.17) is 5.21 Å². The molecule has 3 nitrogen and oxygen atoms in total. The molecule has 0 aromatic carbocycles. The fourth-order valence-corrected chi connectivity index (χ4v) is 1.62. The minimum atomic E-state index is 0.372. The molecule has 0 unspecified atom stereocenters. The highest BCUT2D eigenvalue weighted by Crippen LogP contribution is 2.15. The third kappa shape index (κ3) is 3.52. The molecule has 0 saturated carbocycles. The number of hydrogen-bond acceptors (Lipinski definition) is 5. The van der Waals surface area contributed by atoms with Crippen molar-refractivity contribution in [3.63, 3.8) is 0 Å². The zero-order chi connectivity index (χ0) is 9.52. The largest absolute Gasteiger partial charge is 0.411 e. The van der Waals surface area contributed by atoms with Crippen LogP contribution in [0.25, 0.3) is 0 Å². The molecule has 1 radical (unpaired) electrons. The van der Waals surface area contributed by atoms with Crippen molar-refractivity contribution in [1.82, 2.24) is 4.98 Å². The monoisotopic (exact) mass is 211 g/mol. The maximum Gasteiger partial charge on any atom is 0.109 e. The maximum atomic E-state index is 8.44. The number of oxime groups is 1. The molecule has 1 heterocycles. The summed E-state index contributed by atoms with van der Waals surface area (Å²) in [4.78, 5) is 4.94. The third-order valence-electron chi connectivity index (χ3n) is 1.26. The van der Waals surface area contributed by atoms with Gasteiger partial charge in [0, 0.05) is 23.0 Å². The zero-order valence-corrected chi connectivity index (χ0v) is 8.31. The number of thioether (sulfide) groups is 1. The Morgan fingerprint density at radius 2 is 2.31 bits per heavy atom. The van der Waals surface area contributed by atoms with E-state index in [1.165, 1.54) is 11.8 Å². The molecule has 0 bridgehead atoms. The lowest BCUT2D eigenvalue weighted by atomic mass is 10.5. The Labute approximate surface area is 85.9 Å². The van der Waals surface area contributed by atoms with Crippen molar-refractivity contribution in [2.45, 2.75) is 4.90 Å². The summed E-state index contributed by atoms with van der Waals surface area (Å²) in [5.74, 6) is 0.518. The van der Waals surface area contributed by atoms with Gasteiger partial charge in [0.15, 0.2) is 0 Å². The topological polar surface area (TPSA) is 45.5 Å². The Kier molecular flexibility index (Phi) is 4.42. The van der Waals surface area contributed by atoms with E-state index < -0.39 is 0 Å². The van der Waals surface area contributed by atoms with Crippen molar-refractivity contribution < 1.29 is 5.21 Å². The van der Waals surface area contributed by atoms with Gasteiger partial charge in [-0.1, -0.05) is 17.4 Å². The quantitative estimate of drug-likeness (QED) is 0.271. The highest BCUT2D eigenvalue weighted by molar-refractivity contribution is 8.00. The molecule has 0 fully saturated rings. The first-order chi connectivity index (χ1) is 6.36. The molecule has 1 aromatic rings. The zero-order valence-electron chi connectivity index (χ0n) is 6.67. The normalized spacial score (nSPS) is 11.2. The predicted molar refractivity (Wildman–Crippen MR) is 56.8 cm³/mol. The van der Waals surface area contributed by atoms with Crippen LogP contribution in [0.1, 0.15) is 0 Å². The molecule has 0 aliphatic heterocycles. The minimum absolute atomic E-state index is 0.372. The fourth-order valence-electron chi connectivity index (χ4n) is 0.665. The van der Waals surface area contributed by atoms with E-state index in [1.807, 2.05) is 12.1 Å². The lowest BCUT2D eigenvalue weighted by Crippen LogP contribution is -2.01. The Bertz CT molecular complexity index is 300. The molecule has 0 spiro atoms. The summed E-state index contributed by atoms with van der Waals surface area (Å²) < 4.78 is 0. The summed E-state index contributed by atoms with van der Waals surface area (Å²) in [6, 6.07) is 3.76. The molecule has 0 saturated heterocycles. The van der Waals surface area contributed by atoms with Crippen molar-refractivity contribution in [2.24, 2.45) is 5.16 Å². The molecular weight excluding hydrogens is 204 g/mol. The number of rotatable bonds is 4. The molecule has 1 aromatic heterocycles. The first-order valence-electron chi connectivity index (χ1n) is 3.48. The summed E-state index contributed by atoms with van der Waals surface area (Å²) >= 11 is 6.04. The van der Waals surface area contributed by atoms with Crippen LogP contribution in [0.2, 0.25) is 0 Å². The minimum Gasteiger partial charge on any atom is -0.411 e. The van der Waals surface area contributed by atoms with Gasteiger partial charge in [-0.15, -0.1) is 11.8 Å². The van der Waals surface area contributed by atoms with Gasteiger partial charge in [0.05, 0.1) is 5.37 Å². The second-order valence-corrected chi connectivity index (χ2v) is 3.37. The Hall–Kier alpha value is -0.940. The second-order valence-electron chi connectivity index (χ2n) is 2.12. The van der Waals surface area contributed by atoms with Gasteiger partial charge in [-0.2, -0.15) is 0 Å². The predicted octanol–water partition coefficient (Wildman–Crippen LogP) is 1.88. The average Bonchev–Trinajstić information content (AvgIpc) is 2.21. The van der Waals surface area contributed by atoms with Crippen molar-refractivity contribution in [3.05, 3.63) is 24.5 Å². The molecule has 0 amide bonds.